The fraction of sp³-hybridized carbons (Fsp3) is 0.105. The van der Waals surface area contributed by atoms with Gasteiger partial charge in [-0.3, -0.25) is 4.79 Å². The Kier molecular flexibility index (Phi) is 4.90. The van der Waals surface area contributed by atoms with E-state index in [0.717, 1.165) is 22.5 Å². The molecule has 0 spiro atoms. The summed E-state index contributed by atoms with van der Waals surface area (Å²) in [4.78, 5) is 27.4. The Labute approximate surface area is 149 Å². The summed E-state index contributed by atoms with van der Waals surface area (Å²) < 4.78 is 0. The predicted molar refractivity (Wildman–Crippen MR) is 98.1 cm³/mol. The van der Waals surface area contributed by atoms with Crippen molar-refractivity contribution < 1.29 is 14.7 Å². The molecular weight excluding hydrogens is 336 g/mol. The number of thiazole rings is 1. The molecule has 25 heavy (non-hydrogen) atoms. The van der Waals surface area contributed by atoms with Gasteiger partial charge >= 0.3 is 5.97 Å². The first-order chi connectivity index (χ1) is 12.0. The van der Waals surface area contributed by atoms with Crippen molar-refractivity contribution in [2.45, 2.75) is 13.3 Å². The van der Waals surface area contributed by atoms with Gasteiger partial charge in [0.05, 0.1) is 5.69 Å². The van der Waals surface area contributed by atoms with E-state index in [2.05, 4.69) is 10.3 Å². The Morgan fingerprint density at radius 1 is 1.08 bits per heavy atom. The number of carbonyl (C=O) groups excluding carboxylic acids is 1. The molecule has 0 bridgehead atoms. The van der Waals surface area contributed by atoms with E-state index in [9.17, 15) is 14.7 Å². The van der Waals surface area contributed by atoms with Crippen LogP contribution >= 0.6 is 11.3 Å². The van der Waals surface area contributed by atoms with Crippen LogP contribution in [0.15, 0.2) is 54.6 Å². The number of carboxylic acid groups (broad SMARTS) is 1. The molecule has 3 rings (SSSR count). The summed E-state index contributed by atoms with van der Waals surface area (Å²) in [5.74, 6) is -1.11. The number of amides is 1. The zero-order valence-electron chi connectivity index (χ0n) is 13.5. The van der Waals surface area contributed by atoms with Crippen LogP contribution in [0, 0.1) is 0 Å². The summed E-state index contributed by atoms with van der Waals surface area (Å²) in [5, 5.41) is 12.8. The van der Waals surface area contributed by atoms with Crippen LogP contribution in [0.2, 0.25) is 0 Å². The zero-order valence-corrected chi connectivity index (χ0v) is 14.3. The number of hydrogen-bond donors (Lipinski definition) is 2. The highest BCUT2D eigenvalue weighted by atomic mass is 32.1. The zero-order chi connectivity index (χ0) is 17.8. The third kappa shape index (κ3) is 4.10. The molecule has 0 radical (unpaired) electrons. The molecule has 0 aliphatic heterocycles. The van der Waals surface area contributed by atoms with Crippen LogP contribution in [0.25, 0.3) is 10.6 Å². The van der Waals surface area contributed by atoms with E-state index in [1.54, 1.807) is 12.1 Å². The quantitative estimate of drug-likeness (QED) is 0.726. The van der Waals surface area contributed by atoms with Crippen molar-refractivity contribution in [1.29, 1.82) is 0 Å². The molecule has 0 aliphatic rings. The molecule has 6 heteroatoms. The second-order valence-electron chi connectivity index (χ2n) is 5.52. The van der Waals surface area contributed by atoms with Crippen molar-refractivity contribution in [2.24, 2.45) is 0 Å². The van der Waals surface area contributed by atoms with E-state index in [-0.39, 0.29) is 10.8 Å². The van der Waals surface area contributed by atoms with Crippen LogP contribution in [-0.2, 0) is 11.2 Å². The first kappa shape index (κ1) is 16.9. The molecule has 1 heterocycles. The van der Waals surface area contributed by atoms with Crippen molar-refractivity contribution in [1.82, 2.24) is 4.98 Å². The van der Waals surface area contributed by atoms with Crippen LogP contribution in [0.4, 0.5) is 5.69 Å². The molecule has 126 valence electrons. The van der Waals surface area contributed by atoms with Crippen LogP contribution in [0.5, 0.6) is 0 Å². The van der Waals surface area contributed by atoms with Gasteiger partial charge < -0.3 is 10.4 Å². The first-order valence-electron chi connectivity index (χ1n) is 7.68. The number of nitrogens with one attached hydrogen (secondary N) is 1. The third-order valence-corrected chi connectivity index (χ3v) is 4.69. The molecule has 5 nitrogen and oxygen atoms in total. The highest BCUT2D eigenvalue weighted by molar-refractivity contribution is 7.17. The number of aromatic carboxylic acids is 1. The highest BCUT2D eigenvalue weighted by Gasteiger charge is 2.18. The summed E-state index contributed by atoms with van der Waals surface area (Å²) in [6.07, 6.45) is 0.475. The molecule has 0 atom stereocenters. The lowest BCUT2D eigenvalue weighted by Gasteiger charge is -2.02. The standard InChI is InChI=1S/C19H16N2O3S/c1-12(22)20-15-9-7-14(8-10-15)18-21-16(17(25-18)19(23)24)11-13-5-3-2-4-6-13/h2-10H,11H2,1H3,(H,20,22)(H,23,24). The Morgan fingerprint density at radius 2 is 1.76 bits per heavy atom. The highest BCUT2D eigenvalue weighted by Crippen LogP contribution is 2.30. The van der Waals surface area contributed by atoms with E-state index >= 15 is 0 Å². The number of rotatable bonds is 5. The van der Waals surface area contributed by atoms with Gasteiger partial charge in [-0.2, -0.15) is 0 Å². The van der Waals surface area contributed by atoms with Crippen molar-refractivity contribution >= 4 is 28.9 Å². The van der Waals surface area contributed by atoms with Gasteiger partial charge in [-0.15, -0.1) is 11.3 Å². The van der Waals surface area contributed by atoms with Crippen molar-refractivity contribution in [3.63, 3.8) is 0 Å². The summed E-state index contributed by atoms with van der Waals surface area (Å²) in [7, 11) is 0. The van der Waals surface area contributed by atoms with Crippen molar-refractivity contribution in [2.75, 3.05) is 5.32 Å². The predicted octanol–water partition coefficient (Wildman–Crippen LogP) is 4.06. The summed E-state index contributed by atoms with van der Waals surface area (Å²) in [5.41, 5.74) is 3.09. The van der Waals surface area contributed by atoms with Gasteiger partial charge in [-0.1, -0.05) is 30.3 Å². The molecule has 0 aliphatic carbocycles. The Balaban J connectivity index is 1.91. The fourth-order valence-corrected chi connectivity index (χ4v) is 3.38. The molecule has 2 aromatic carbocycles. The lowest BCUT2D eigenvalue weighted by Crippen LogP contribution is -2.05. The molecule has 0 unspecified atom stereocenters. The molecule has 1 amide bonds. The number of carboxylic acids is 1. The second kappa shape index (κ2) is 7.27. The summed E-state index contributed by atoms with van der Waals surface area (Å²) in [6.45, 7) is 1.45. The number of hydrogen-bond acceptors (Lipinski definition) is 4. The normalized spacial score (nSPS) is 10.4. The summed E-state index contributed by atoms with van der Waals surface area (Å²) in [6, 6.07) is 16.9. The summed E-state index contributed by atoms with van der Waals surface area (Å²) >= 11 is 1.16. The number of aromatic nitrogens is 1. The van der Waals surface area contributed by atoms with Gasteiger partial charge in [0.15, 0.2) is 0 Å². The Bertz CT molecular complexity index is 902. The molecule has 2 N–H and O–H groups in total. The minimum absolute atomic E-state index is 0.139. The molecule has 0 fully saturated rings. The van der Waals surface area contributed by atoms with Crippen molar-refractivity contribution in [3.05, 3.63) is 70.7 Å². The molecular formula is C19H16N2O3S. The number of benzene rings is 2. The SMILES string of the molecule is CC(=O)Nc1ccc(-c2nc(Cc3ccccc3)c(C(=O)O)s2)cc1. The lowest BCUT2D eigenvalue weighted by atomic mass is 10.1. The van der Waals surface area contributed by atoms with E-state index in [0.29, 0.717) is 22.8 Å². The Morgan fingerprint density at radius 3 is 2.36 bits per heavy atom. The first-order valence-corrected chi connectivity index (χ1v) is 8.49. The number of carbonyl (C=O) groups is 2. The maximum absolute atomic E-state index is 11.6. The maximum atomic E-state index is 11.6. The molecule has 1 aromatic heterocycles. The van der Waals surface area contributed by atoms with Gasteiger partial charge in [0.1, 0.15) is 9.88 Å². The molecule has 3 aromatic rings. The van der Waals surface area contributed by atoms with E-state index in [1.807, 2.05) is 42.5 Å². The Hall–Kier alpha value is -2.99. The molecule has 0 saturated heterocycles. The van der Waals surface area contributed by atoms with Crippen LogP contribution < -0.4 is 5.32 Å². The topological polar surface area (TPSA) is 79.3 Å². The average molecular weight is 352 g/mol. The van der Waals surface area contributed by atoms with Gasteiger partial charge in [-0.25, -0.2) is 9.78 Å². The van der Waals surface area contributed by atoms with Gasteiger partial charge in [0, 0.05) is 24.6 Å². The average Bonchev–Trinajstić information content (AvgIpc) is 3.00. The van der Waals surface area contributed by atoms with Crippen LogP contribution in [0.3, 0.4) is 0 Å². The third-order valence-electron chi connectivity index (χ3n) is 3.56. The fourth-order valence-electron chi connectivity index (χ4n) is 2.45. The smallest absolute Gasteiger partial charge is 0.347 e. The van der Waals surface area contributed by atoms with Gasteiger partial charge in [-0.05, 0) is 29.8 Å². The van der Waals surface area contributed by atoms with Crippen LogP contribution in [0.1, 0.15) is 27.9 Å². The lowest BCUT2D eigenvalue weighted by molar-refractivity contribution is -0.114. The van der Waals surface area contributed by atoms with E-state index in [1.165, 1.54) is 6.92 Å². The number of nitrogens with zero attached hydrogens (tertiary/aromatic N) is 1. The van der Waals surface area contributed by atoms with Crippen LogP contribution in [-0.4, -0.2) is 22.0 Å². The van der Waals surface area contributed by atoms with Gasteiger partial charge in [0.2, 0.25) is 5.91 Å². The van der Waals surface area contributed by atoms with Crippen molar-refractivity contribution in [3.8, 4) is 10.6 Å². The second-order valence-corrected chi connectivity index (χ2v) is 6.52. The minimum Gasteiger partial charge on any atom is -0.477 e. The largest absolute Gasteiger partial charge is 0.477 e. The monoisotopic (exact) mass is 352 g/mol. The van der Waals surface area contributed by atoms with Gasteiger partial charge in [0.25, 0.3) is 0 Å². The number of anilines is 1. The van der Waals surface area contributed by atoms with E-state index < -0.39 is 5.97 Å². The molecule has 0 saturated carbocycles. The minimum atomic E-state index is -0.968. The van der Waals surface area contributed by atoms with E-state index in [4.69, 9.17) is 0 Å². The maximum Gasteiger partial charge on any atom is 0.347 e.